The number of esters is 1. The van der Waals surface area contributed by atoms with E-state index in [9.17, 15) is 4.79 Å². The van der Waals surface area contributed by atoms with Crippen LogP contribution in [0.4, 0.5) is 0 Å². The molecular weight excluding hydrogens is 296 g/mol. The van der Waals surface area contributed by atoms with Gasteiger partial charge in [-0.3, -0.25) is 0 Å². The van der Waals surface area contributed by atoms with Crippen LogP contribution in [0.3, 0.4) is 0 Å². The van der Waals surface area contributed by atoms with Crippen LogP contribution in [-0.2, 0) is 4.74 Å². The van der Waals surface area contributed by atoms with E-state index in [0.29, 0.717) is 17.2 Å². The maximum atomic E-state index is 12.4. The van der Waals surface area contributed by atoms with Crippen LogP contribution in [-0.4, -0.2) is 5.97 Å². The maximum Gasteiger partial charge on any atom is 0.343 e. The van der Waals surface area contributed by atoms with Gasteiger partial charge in [-0.25, -0.2) is 4.79 Å². The van der Waals surface area contributed by atoms with Crippen molar-refractivity contribution < 1.29 is 9.53 Å². The molecule has 0 aliphatic rings. The quantitative estimate of drug-likeness (QED) is 0.321. The Hall–Kier alpha value is -2.35. The second-order valence-electron chi connectivity index (χ2n) is 5.05. The molecule has 0 aliphatic carbocycles. The summed E-state index contributed by atoms with van der Waals surface area (Å²) in [6.45, 7) is 17.5. The summed E-state index contributed by atoms with van der Waals surface area (Å²) in [5.74, 6) is 0.274. The first kappa shape index (κ1) is 21.6. The van der Waals surface area contributed by atoms with Gasteiger partial charge in [-0.15, -0.1) is 0 Å². The smallest absolute Gasteiger partial charge is 0.343 e. The molecule has 0 saturated heterocycles. The van der Waals surface area contributed by atoms with Gasteiger partial charge in [0.1, 0.15) is 5.76 Å². The van der Waals surface area contributed by atoms with Gasteiger partial charge in [-0.2, -0.15) is 0 Å². The fourth-order valence-electron chi connectivity index (χ4n) is 2.08. The molecule has 1 rings (SSSR count). The topological polar surface area (TPSA) is 26.3 Å². The number of carbonyl (C=O) groups is 1. The molecule has 0 bridgehead atoms. The molecule has 2 nitrogen and oxygen atoms in total. The van der Waals surface area contributed by atoms with Crippen molar-refractivity contribution in [2.24, 2.45) is 0 Å². The monoisotopic (exact) mass is 326 g/mol. The van der Waals surface area contributed by atoms with E-state index in [2.05, 4.69) is 27.0 Å². The number of hydrogen-bond donors (Lipinski definition) is 0. The number of benzene rings is 1. The number of carbonyl (C=O) groups excluding carboxylic acids is 1. The SMILES string of the molecule is C=C/C=C\C(=C/C)C(=C)OC(=O)c1ccccc1C(C)CC.CC. The number of hydrogen-bond acceptors (Lipinski definition) is 2. The molecule has 0 N–H and O–H groups in total. The molecule has 130 valence electrons. The average molecular weight is 326 g/mol. The lowest BCUT2D eigenvalue weighted by Gasteiger charge is -2.15. The average Bonchev–Trinajstić information content (AvgIpc) is 2.63. The lowest BCUT2D eigenvalue weighted by molar-refractivity contribution is 0.0633. The van der Waals surface area contributed by atoms with E-state index in [1.807, 2.05) is 51.1 Å². The summed E-state index contributed by atoms with van der Waals surface area (Å²) >= 11 is 0. The standard InChI is InChI=1S/C20H24O2.C2H6/c1-6-9-12-17(8-3)16(5)22-20(21)19-14-11-10-13-18(19)15(4)7-2;1-2/h6,8-15H,1,5,7H2,2-4H3;1-2H3/b12-9-,17-8+;. The summed E-state index contributed by atoms with van der Waals surface area (Å²) < 4.78 is 5.43. The number of ether oxygens (including phenoxy) is 1. The van der Waals surface area contributed by atoms with Crippen LogP contribution in [0.15, 0.2) is 73.1 Å². The highest BCUT2D eigenvalue weighted by atomic mass is 16.5. The minimum atomic E-state index is -0.368. The molecule has 2 heteroatoms. The van der Waals surface area contributed by atoms with E-state index < -0.39 is 0 Å². The molecule has 0 radical (unpaired) electrons. The molecule has 1 unspecified atom stereocenters. The van der Waals surface area contributed by atoms with E-state index in [0.717, 1.165) is 17.6 Å². The van der Waals surface area contributed by atoms with Crippen LogP contribution in [0.25, 0.3) is 0 Å². The van der Waals surface area contributed by atoms with Crippen LogP contribution < -0.4 is 0 Å². The molecule has 0 amide bonds. The summed E-state index contributed by atoms with van der Waals surface area (Å²) in [5, 5.41) is 0. The highest BCUT2D eigenvalue weighted by Crippen LogP contribution is 2.24. The third kappa shape index (κ3) is 6.41. The van der Waals surface area contributed by atoms with Gasteiger partial charge < -0.3 is 4.74 Å². The molecule has 1 aromatic carbocycles. The Kier molecular flexibility index (Phi) is 10.9. The van der Waals surface area contributed by atoms with Gasteiger partial charge in [0.05, 0.1) is 5.56 Å². The Labute approximate surface area is 147 Å². The van der Waals surface area contributed by atoms with Crippen molar-refractivity contribution in [3.63, 3.8) is 0 Å². The predicted molar refractivity (Wildman–Crippen MR) is 104 cm³/mol. The summed E-state index contributed by atoms with van der Waals surface area (Å²) in [6.07, 6.45) is 8.06. The summed E-state index contributed by atoms with van der Waals surface area (Å²) in [4.78, 5) is 12.4. The largest absolute Gasteiger partial charge is 0.423 e. The lowest BCUT2D eigenvalue weighted by atomic mass is 9.94. The Balaban J connectivity index is 0.00000254. The minimum Gasteiger partial charge on any atom is -0.423 e. The number of allylic oxidation sites excluding steroid dienone is 4. The third-order valence-electron chi connectivity index (χ3n) is 3.58. The normalized spacial score (nSPS) is 12.1. The highest BCUT2D eigenvalue weighted by molar-refractivity contribution is 5.92. The van der Waals surface area contributed by atoms with Gasteiger partial charge in [0.25, 0.3) is 0 Å². The van der Waals surface area contributed by atoms with Crippen molar-refractivity contribution in [2.45, 2.75) is 47.0 Å². The van der Waals surface area contributed by atoms with Crippen molar-refractivity contribution in [1.82, 2.24) is 0 Å². The molecule has 0 saturated carbocycles. The van der Waals surface area contributed by atoms with E-state index >= 15 is 0 Å². The van der Waals surface area contributed by atoms with Crippen molar-refractivity contribution in [3.8, 4) is 0 Å². The van der Waals surface area contributed by atoms with Crippen molar-refractivity contribution in [1.29, 1.82) is 0 Å². The van der Waals surface area contributed by atoms with Crippen LogP contribution in [0.5, 0.6) is 0 Å². The molecule has 0 fully saturated rings. The van der Waals surface area contributed by atoms with Gasteiger partial charge in [0.15, 0.2) is 0 Å². The zero-order chi connectivity index (χ0) is 18.5. The third-order valence-corrected chi connectivity index (χ3v) is 3.58. The Morgan fingerprint density at radius 3 is 2.46 bits per heavy atom. The summed E-state index contributed by atoms with van der Waals surface area (Å²) in [5.41, 5.74) is 2.36. The molecule has 0 heterocycles. The Bertz CT molecular complexity index is 606. The first-order valence-electron chi connectivity index (χ1n) is 8.50. The van der Waals surface area contributed by atoms with Gasteiger partial charge in [-0.05, 0) is 30.9 Å². The van der Waals surface area contributed by atoms with Gasteiger partial charge in [0.2, 0.25) is 0 Å². The fraction of sp³-hybridized carbons (Fsp3) is 0.318. The van der Waals surface area contributed by atoms with Crippen LogP contribution in [0, 0.1) is 0 Å². The molecule has 1 aromatic rings. The van der Waals surface area contributed by atoms with Crippen LogP contribution in [0.1, 0.15) is 62.9 Å². The van der Waals surface area contributed by atoms with Crippen molar-refractivity contribution in [2.75, 3.05) is 0 Å². The Morgan fingerprint density at radius 1 is 1.29 bits per heavy atom. The van der Waals surface area contributed by atoms with E-state index in [1.54, 1.807) is 18.2 Å². The second-order valence-corrected chi connectivity index (χ2v) is 5.05. The van der Waals surface area contributed by atoms with Crippen LogP contribution in [0.2, 0.25) is 0 Å². The maximum absolute atomic E-state index is 12.4. The van der Waals surface area contributed by atoms with E-state index in [-0.39, 0.29) is 5.97 Å². The van der Waals surface area contributed by atoms with Gasteiger partial charge in [0, 0.05) is 5.57 Å². The van der Waals surface area contributed by atoms with Crippen molar-refractivity contribution in [3.05, 3.63) is 84.2 Å². The molecule has 1 atom stereocenters. The fourth-order valence-corrected chi connectivity index (χ4v) is 2.08. The molecular formula is C22H30O2. The number of rotatable bonds is 7. The summed E-state index contributed by atoms with van der Waals surface area (Å²) in [7, 11) is 0. The van der Waals surface area contributed by atoms with E-state index in [1.165, 1.54) is 0 Å². The highest BCUT2D eigenvalue weighted by Gasteiger charge is 2.17. The van der Waals surface area contributed by atoms with Crippen molar-refractivity contribution >= 4 is 5.97 Å². The second kappa shape index (κ2) is 12.1. The zero-order valence-corrected chi connectivity index (χ0v) is 15.6. The molecule has 0 aliphatic heterocycles. The first-order valence-corrected chi connectivity index (χ1v) is 8.50. The van der Waals surface area contributed by atoms with Gasteiger partial charge in [-0.1, -0.05) is 83.4 Å². The summed E-state index contributed by atoms with van der Waals surface area (Å²) in [6, 6.07) is 7.56. The first-order chi connectivity index (χ1) is 11.5. The molecule has 0 aromatic heterocycles. The Morgan fingerprint density at radius 2 is 1.92 bits per heavy atom. The van der Waals surface area contributed by atoms with E-state index in [4.69, 9.17) is 4.74 Å². The predicted octanol–water partition coefficient (Wildman–Crippen LogP) is 6.59. The zero-order valence-electron chi connectivity index (χ0n) is 15.6. The lowest BCUT2D eigenvalue weighted by Crippen LogP contribution is -2.10. The van der Waals surface area contributed by atoms with Gasteiger partial charge >= 0.3 is 5.97 Å². The van der Waals surface area contributed by atoms with Crippen LogP contribution >= 0.6 is 0 Å². The molecule has 24 heavy (non-hydrogen) atoms. The molecule has 0 spiro atoms. The minimum absolute atomic E-state index is 0.305.